The molecular weight excluding hydrogens is 278 g/mol. The number of hydrogen-bond donors (Lipinski definition) is 1. The minimum atomic E-state index is -2.48. The molecule has 1 aromatic heterocycles. The molecule has 0 saturated carbocycles. The van der Waals surface area contributed by atoms with E-state index in [-0.39, 0.29) is 12.4 Å². The SMILES string of the molecule is CCc1cnc(SCC(=O)O)n1CCOCC(F)F. The lowest BCUT2D eigenvalue weighted by molar-refractivity contribution is -0.133. The number of ether oxygens (including phenoxy) is 1. The molecule has 0 spiro atoms. The van der Waals surface area contributed by atoms with Crippen LogP contribution < -0.4 is 0 Å². The predicted octanol–water partition coefficient (Wildman–Crippen LogP) is 1.90. The van der Waals surface area contributed by atoms with E-state index in [9.17, 15) is 13.6 Å². The standard InChI is InChI=1S/C11H16F2N2O3S/c1-2-8-5-14-11(19-7-10(16)17)15(8)3-4-18-6-9(12)13/h5,9H,2-4,6-7H2,1H3,(H,16,17). The van der Waals surface area contributed by atoms with Crippen molar-refractivity contribution in [3.8, 4) is 0 Å². The van der Waals surface area contributed by atoms with Crippen LogP contribution in [0.15, 0.2) is 11.4 Å². The fourth-order valence-electron chi connectivity index (χ4n) is 1.48. The lowest BCUT2D eigenvalue weighted by Crippen LogP contribution is -2.13. The molecule has 1 rings (SSSR count). The maximum absolute atomic E-state index is 11.9. The third kappa shape index (κ3) is 5.56. The van der Waals surface area contributed by atoms with Gasteiger partial charge in [0.2, 0.25) is 0 Å². The topological polar surface area (TPSA) is 64.3 Å². The van der Waals surface area contributed by atoms with E-state index in [4.69, 9.17) is 9.84 Å². The minimum Gasteiger partial charge on any atom is -0.481 e. The molecule has 0 atom stereocenters. The quantitative estimate of drug-likeness (QED) is 0.557. The molecule has 1 N–H and O–H groups in total. The van der Waals surface area contributed by atoms with E-state index < -0.39 is 19.0 Å². The number of nitrogens with zero attached hydrogens (tertiary/aromatic N) is 2. The molecule has 0 unspecified atom stereocenters. The Labute approximate surface area is 114 Å². The Kier molecular flexibility index (Phi) is 6.79. The zero-order chi connectivity index (χ0) is 14.3. The number of aryl methyl sites for hydroxylation is 1. The Morgan fingerprint density at radius 2 is 2.37 bits per heavy atom. The van der Waals surface area contributed by atoms with Gasteiger partial charge in [-0.15, -0.1) is 0 Å². The lowest BCUT2D eigenvalue weighted by atomic mass is 10.3. The molecule has 1 aromatic rings. The highest BCUT2D eigenvalue weighted by molar-refractivity contribution is 7.99. The van der Waals surface area contributed by atoms with Gasteiger partial charge in [0.05, 0.1) is 12.4 Å². The molecule has 0 amide bonds. The molecule has 108 valence electrons. The molecule has 0 aromatic carbocycles. The number of hydrogen-bond acceptors (Lipinski definition) is 4. The van der Waals surface area contributed by atoms with Crippen molar-refractivity contribution in [1.29, 1.82) is 0 Å². The van der Waals surface area contributed by atoms with Crippen molar-refractivity contribution in [1.82, 2.24) is 9.55 Å². The second kappa shape index (κ2) is 8.11. The lowest BCUT2D eigenvalue weighted by Gasteiger charge is -2.10. The average molecular weight is 294 g/mol. The minimum absolute atomic E-state index is 0.0853. The number of rotatable bonds is 9. The summed E-state index contributed by atoms with van der Waals surface area (Å²) < 4.78 is 30.5. The van der Waals surface area contributed by atoms with Crippen molar-refractivity contribution in [2.45, 2.75) is 31.5 Å². The Bertz CT molecular complexity index is 413. The van der Waals surface area contributed by atoms with Gasteiger partial charge in [-0.3, -0.25) is 4.79 Å². The van der Waals surface area contributed by atoms with E-state index in [2.05, 4.69) is 4.98 Å². The summed E-state index contributed by atoms with van der Waals surface area (Å²) in [4.78, 5) is 14.7. The van der Waals surface area contributed by atoms with Gasteiger partial charge in [0.25, 0.3) is 6.43 Å². The van der Waals surface area contributed by atoms with Gasteiger partial charge in [-0.05, 0) is 6.42 Å². The van der Waals surface area contributed by atoms with E-state index in [1.807, 2.05) is 6.92 Å². The maximum Gasteiger partial charge on any atom is 0.313 e. The maximum atomic E-state index is 11.9. The summed E-state index contributed by atoms with van der Waals surface area (Å²) in [5, 5.41) is 9.21. The summed E-state index contributed by atoms with van der Waals surface area (Å²) in [6.07, 6.45) is -0.0819. The van der Waals surface area contributed by atoms with Crippen molar-refractivity contribution < 1.29 is 23.4 Å². The zero-order valence-electron chi connectivity index (χ0n) is 10.5. The van der Waals surface area contributed by atoms with E-state index in [1.54, 1.807) is 10.8 Å². The molecule has 0 aliphatic carbocycles. The van der Waals surface area contributed by atoms with Crippen LogP contribution in [-0.4, -0.2) is 46.0 Å². The third-order valence-corrected chi connectivity index (χ3v) is 3.27. The summed E-state index contributed by atoms with van der Waals surface area (Å²) in [6, 6.07) is 0. The summed E-state index contributed by atoms with van der Waals surface area (Å²) in [5.74, 6) is -1.01. The molecule has 0 saturated heterocycles. The molecule has 1 heterocycles. The van der Waals surface area contributed by atoms with Crippen LogP contribution in [0.3, 0.4) is 0 Å². The van der Waals surface area contributed by atoms with E-state index in [0.717, 1.165) is 23.9 Å². The molecule has 0 aliphatic rings. The van der Waals surface area contributed by atoms with Gasteiger partial charge in [0.15, 0.2) is 5.16 Å². The Morgan fingerprint density at radius 3 is 2.95 bits per heavy atom. The molecule has 0 bridgehead atoms. The molecule has 0 aliphatic heterocycles. The van der Waals surface area contributed by atoms with Crippen LogP contribution in [-0.2, 0) is 22.5 Å². The largest absolute Gasteiger partial charge is 0.481 e. The summed E-state index contributed by atoms with van der Waals surface area (Å²) in [5.41, 5.74) is 0.925. The van der Waals surface area contributed by atoms with E-state index in [0.29, 0.717) is 11.7 Å². The number of carbonyl (C=O) groups is 1. The zero-order valence-corrected chi connectivity index (χ0v) is 11.3. The normalized spacial score (nSPS) is 11.2. The van der Waals surface area contributed by atoms with E-state index >= 15 is 0 Å². The second-order valence-corrected chi connectivity index (χ2v) is 4.63. The van der Waals surface area contributed by atoms with Gasteiger partial charge in [0, 0.05) is 18.4 Å². The molecule has 5 nitrogen and oxygen atoms in total. The molecule has 0 fully saturated rings. The molecule has 19 heavy (non-hydrogen) atoms. The van der Waals surface area contributed by atoms with Crippen LogP contribution in [0.5, 0.6) is 0 Å². The summed E-state index contributed by atoms with van der Waals surface area (Å²) >= 11 is 1.10. The van der Waals surface area contributed by atoms with Crippen molar-refractivity contribution >= 4 is 17.7 Å². The first-order valence-corrected chi connectivity index (χ1v) is 6.78. The van der Waals surface area contributed by atoms with Crippen LogP contribution in [0.4, 0.5) is 8.78 Å². The predicted molar refractivity (Wildman–Crippen MR) is 66.8 cm³/mol. The second-order valence-electron chi connectivity index (χ2n) is 3.69. The Balaban J connectivity index is 2.57. The number of halogens is 2. The van der Waals surface area contributed by atoms with Crippen LogP contribution in [0.25, 0.3) is 0 Å². The first kappa shape index (κ1) is 15.9. The van der Waals surface area contributed by atoms with Crippen LogP contribution in [0, 0.1) is 0 Å². The van der Waals surface area contributed by atoms with Crippen molar-refractivity contribution in [3.63, 3.8) is 0 Å². The van der Waals surface area contributed by atoms with Gasteiger partial charge in [-0.2, -0.15) is 0 Å². The van der Waals surface area contributed by atoms with Crippen molar-refractivity contribution in [2.24, 2.45) is 0 Å². The summed E-state index contributed by atoms with van der Waals surface area (Å²) in [7, 11) is 0. The molecular formula is C11H16F2N2O3S. The number of carboxylic acid groups (broad SMARTS) is 1. The smallest absolute Gasteiger partial charge is 0.313 e. The first-order chi connectivity index (χ1) is 9.04. The van der Waals surface area contributed by atoms with Gasteiger partial charge in [-0.1, -0.05) is 18.7 Å². The fourth-order valence-corrected chi connectivity index (χ4v) is 2.23. The number of imidazole rings is 1. The van der Waals surface area contributed by atoms with E-state index in [1.165, 1.54) is 0 Å². The average Bonchev–Trinajstić information content (AvgIpc) is 2.74. The molecule has 8 heteroatoms. The van der Waals surface area contributed by atoms with Crippen molar-refractivity contribution in [2.75, 3.05) is 19.0 Å². The van der Waals surface area contributed by atoms with Crippen LogP contribution in [0.1, 0.15) is 12.6 Å². The third-order valence-electron chi connectivity index (χ3n) is 2.29. The number of thioether (sulfide) groups is 1. The summed E-state index contributed by atoms with van der Waals surface area (Å²) in [6.45, 7) is 1.89. The molecule has 0 radical (unpaired) electrons. The first-order valence-electron chi connectivity index (χ1n) is 5.79. The highest BCUT2D eigenvalue weighted by Crippen LogP contribution is 2.18. The number of aromatic nitrogens is 2. The van der Waals surface area contributed by atoms with Gasteiger partial charge in [-0.25, -0.2) is 13.8 Å². The van der Waals surface area contributed by atoms with Crippen LogP contribution >= 0.6 is 11.8 Å². The van der Waals surface area contributed by atoms with Crippen molar-refractivity contribution in [3.05, 3.63) is 11.9 Å². The van der Waals surface area contributed by atoms with Gasteiger partial charge in [0.1, 0.15) is 6.61 Å². The monoisotopic (exact) mass is 294 g/mol. The van der Waals surface area contributed by atoms with Crippen LogP contribution in [0.2, 0.25) is 0 Å². The highest BCUT2D eigenvalue weighted by Gasteiger charge is 2.11. The number of alkyl halides is 2. The highest BCUT2D eigenvalue weighted by atomic mass is 32.2. The number of aliphatic carboxylic acids is 1. The van der Waals surface area contributed by atoms with Gasteiger partial charge >= 0.3 is 5.97 Å². The Morgan fingerprint density at radius 1 is 1.63 bits per heavy atom. The number of carboxylic acids is 1. The van der Waals surface area contributed by atoms with Gasteiger partial charge < -0.3 is 14.4 Å². The Hall–Kier alpha value is -1.15. The fraction of sp³-hybridized carbons (Fsp3) is 0.636.